The maximum atomic E-state index is 13.9. The Kier molecular flexibility index (Phi) is 9.13. The third-order valence-electron chi connectivity index (χ3n) is 7.08. The number of esters is 1. The molecule has 2 atom stereocenters. The van der Waals surface area contributed by atoms with Gasteiger partial charge in [0.2, 0.25) is 17.7 Å². The summed E-state index contributed by atoms with van der Waals surface area (Å²) in [6, 6.07) is -1.75. The summed E-state index contributed by atoms with van der Waals surface area (Å²) >= 11 is 0. The third-order valence-corrected chi connectivity index (χ3v) is 7.08. The molecule has 0 saturated heterocycles. The fourth-order valence-corrected chi connectivity index (χ4v) is 5.25. The number of hydrogen-bond acceptors (Lipinski definition) is 6. The van der Waals surface area contributed by atoms with Gasteiger partial charge in [0.05, 0.1) is 12.0 Å². The Bertz CT molecular complexity index is 764. The molecule has 0 aromatic heterocycles. The van der Waals surface area contributed by atoms with Crippen LogP contribution in [-0.2, 0) is 23.9 Å². The van der Waals surface area contributed by atoms with E-state index < -0.39 is 29.2 Å². The molecule has 34 heavy (non-hydrogen) atoms. The largest absolute Gasteiger partial charge is 0.460 e. The average molecular weight is 481 g/mol. The summed E-state index contributed by atoms with van der Waals surface area (Å²) in [6.45, 7) is 5.26. The van der Waals surface area contributed by atoms with Gasteiger partial charge < -0.3 is 25.2 Å². The number of carbonyl (C=O) groups is 4. The van der Waals surface area contributed by atoms with Gasteiger partial charge in [-0.05, 0) is 52.4 Å². The van der Waals surface area contributed by atoms with Gasteiger partial charge in [-0.15, -0.1) is 0 Å². The Morgan fingerprint density at radius 1 is 0.912 bits per heavy atom. The lowest BCUT2D eigenvalue weighted by atomic mass is 9.91. The van der Waals surface area contributed by atoms with E-state index in [1.165, 1.54) is 21.7 Å². The van der Waals surface area contributed by atoms with Crippen molar-refractivity contribution in [1.29, 1.82) is 0 Å². The van der Waals surface area contributed by atoms with Crippen LogP contribution in [0.1, 0.15) is 78.6 Å². The number of amides is 3. The predicted molar refractivity (Wildman–Crippen MR) is 130 cm³/mol. The second-order valence-electron chi connectivity index (χ2n) is 11.3. The second kappa shape index (κ2) is 11.1. The number of rotatable bonds is 8. The van der Waals surface area contributed by atoms with Gasteiger partial charge in [-0.25, -0.2) is 0 Å². The first kappa shape index (κ1) is 28.1. The topological polar surface area (TPSA) is 113 Å². The van der Waals surface area contributed by atoms with Crippen molar-refractivity contribution in [2.75, 3.05) is 28.2 Å². The Labute approximate surface area is 204 Å². The Morgan fingerprint density at radius 3 is 1.91 bits per heavy atom. The average Bonchev–Trinajstić information content (AvgIpc) is 3.41. The fraction of sp³-hybridized carbons (Fsp3) is 0.840. The quantitative estimate of drug-likeness (QED) is 0.531. The highest BCUT2D eigenvalue weighted by Crippen LogP contribution is 2.34. The normalized spacial score (nSPS) is 19.9. The lowest BCUT2D eigenvalue weighted by molar-refractivity contribution is -0.161. The molecule has 0 heterocycles. The summed E-state index contributed by atoms with van der Waals surface area (Å²) in [6.07, 6.45) is 6.40. The minimum Gasteiger partial charge on any atom is -0.460 e. The highest BCUT2D eigenvalue weighted by molar-refractivity contribution is 5.95. The molecule has 2 N–H and O–H groups in total. The van der Waals surface area contributed by atoms with Crippen molar-refractivity contribution < 1.29 is 23.9 Å². The van der Waals surface area contributed by atoms with Crippen LogP contribution in [-0.4, -0.2) is 89.8 Å². The summed E-state index contributed by atoms with van der Waals surface area (Å²) in [5.74, 6) is -1.49. The van der Waals surface area contributed by atoms with Crippen molar-refractivity contribution in [1.82, 2.24) is 14.7 Å². The molecule has 2 aliphatic rings. The maximum absolute atomic E-state index is 13.9. The zero-order valence-electron chi connectivity index (χ0n) is 22.1. The third kappa shape index (κ3) is 6.71. The van der Waals surface area contributed by atoms with Crippen LogP contribution in [0.15, 0.2) is 0 Å². The molecule has 9 nitrogen and oxygen atoms in total. The van der Waals surface area contributed by atoms with Crippen LogP contribution in [0.25, 0.3) is 0 Å². The summed E-state index contributed by atoms with van der Waals surface area (Å²) in [7, 11) is 6.36. The van der Waals surface area contributed by atoms with Crippen molar-refractivity contribution >= 4 is 23.7 Å². The molecular formula is C25H44N4O5. The summed E-state index contributed by atoms with van der Waals surface area (Å²) < 4.78 is 5.43. The van der Waals surface area contributed by atoms with Crippen LogP contribution >= 0.6 is 0 Å². The minimum absolute atomic E-state index is 0.00876. The minimum atomic E-state index is -1.02. The molecule has 0 aromatic carbocycles. The van der Waals surface area contributed by atoms with E-state index in [9.17, 15) is 19.2 Å². The maximum Gasteiger partial charge on any atom is 0.308 e. The molecule has 2 rings (SSSR count). The van der Waals surface area contributed by atoms with Gasteiger partial charge in [-0.3, -0.25) is 19.2 Å². The molecule has 194 valence electrons. The first-order valence-corrected chi connectivity index (χ1v) is 12.4. The van der Waals surface area contributed by atoms with E-state index in [-0.39, 0.29) is 30.1 Å². The highest BCUT2D eigenvalue weighted by Gasteiger charge is 2.46. The van der Waals surface area contributed by atoms with Crippen molar-refractivity contribution in [3.63, 3.8) is 0 Å². The van der Waals surface area contributed by atoms with Gasteiger partial charge in [0, 0.05) is 28.2 Å². The standard InChI is InChI=1S/C25H44N4O5/c1-24(2,3)34-19(30)16-18(21(31)27(4)5)28(6)22(32)20(17-12-8-9-13-17)29(7)23(33)25(26)14-10-11-15-25/h17-18,20H,8-16,26H2,1-7H3. The van der Waals surface area contributed by atoms with Crippen LogP contribution in [0, 0.1) is 5.92 Å². The molecule has 2 saturated carbocycles. The van der Waals surface area contributed by atoms with E-state index in [1.807, 2.05) is 0 Å². The van der Waals surface area contributed by atoms with Gasteiger partial charge in [0.15, 0.2) is 0 Å². The molecule has 2 fully saturated rings. The first-order valence-electron chi connectivity index (χ1n) is 12.4. The molecule has 2 unspecified atom stereocenters. The van der Waals surface area contributed by atoms with Gasteiger partial charge in [0.1, 0.15) is 17.7 Å². The van der Waals surface area contributed by atoms with Crippen LogP contribution in [0.4, 0.5) is 0 Å². The zero-order chi connectivity index (χ0) is 25.8. The van der Waals surface area contributed by atoms with Crippen LogP contribution in [0.2, 0.25) is 0 Å². The highest BCUT2D eigenvalue weighted by atomic mass is 16.6. The lowest BCUT2D eigenvalue weighted by Gasteiger charge is -2.40. The number of hydrogen-bond donors (Lipinski definition) is 1. The van der Waals surface area contributed by atoms with E-state index in [1.54, 1.807) is 41.9 Å². The molecule has 3 amide bonds. The van der Waals surface area contributed by atoms with Crippen LogP contribution < -0.4 is 5.73 Å². The SMILES string of the molecule is CN(C)C(=O)C(CC(=O)OC(C)(C)C)N(C)C(=O)C(C1CCCC1)N(C)C(=O)C1(N)CCCC1. The molecule has 0 aromatic rings. The van der Waals surface area contributed by atoms with Gasteiger partial charge in [-0.1, -0.05) is 25.7 Å². The van der Waals surface area contributed by atoms with Gasteiger partial charge >= 0.3 is 5.97 Å². The predicted octanol–water partition coefficient (Wildman–Crippen LogP) is 1.92. The van der Waals surface area contributed by atoms with E-state index in [0.29, 0.717) is 12.8 Å². The van der Waals surface area contributed by atoms with Crippen molar-refractivity contribution in [2.45, 2.75) is 102 Å². The van der Waals surface area contributed by atoms with Gasteiger partial charge in [0.25, 0.3) is 0 Å². The van der Waals surface area contributed by atoms with Crippen molar-refractivity contribution in [3.8, 4) is 0 Å². The molecular weight excluding hydrogens is 436 g/mol. The number of ether oxygens (including phenoxy) is 1. The first-order chi connectivity index (χ1) is 15.7. The number of carbonyl (C=O) groups excluding carboxylic acids is 4. The van der Waals surface area contributed by atoms with E-state index >= 15 is 0 Å². The number of likely N-dealkylation sites (N-methyl/N-ethyl adjacent to an activating group) is 3. The van der Waals surface area contributed by atoms with Crippen molar-refractivity contribution in [2.24, 2.45) is 11.7 Å². The number of nitrogens with two attached hydrogens (primary N) is 1. The molecule has 0 aliphatic heterocycles. The summed E-state index contributed by atoms with van der Waals surface area (Å²) in [4.78, 5) is 57.2. The lowest BCUT2D eigenvalue weighted by Crippen LogP contribution is -2.61. The van der Waals surface area contributed by atoms with Gasteiger partial charge in [-0.2, -0.15) is 0 Å². The summed E-state index contributed by atoms with van der Waals surface area (Å²) in [5, 5.41) is 0. The second-order valence-corrected chi connectivity index (χ2v) is 11.3. The van der Waals surface area contributed by atoms with E-state index in [4.69, 9.17) is 10.5 Å². The molecule has 0 spiro atoms. The molecule has 0 bridgehead atoms. The zero-order valence-corrected chi connectivity index (χ0v) is 22.1. The van der Waals surface area contributed by atoms with E-state index in [2.05, 4.69) is 0 Å². The van der Waals surface area contributed by atoms with Crippen LogP contribution in [0.5, 0.6) is 0 Å². The molecule has 9 heteroatoms. The summed E-state index contributed by atoms with van der Waals surface area (Å²) in [5.41, 5.74) is 4.80. The Hall–Kier alpha value is -2.16. The van der Waals surface area contributed by atoms with E-state index in [0.717, 1.165) is 38.5 Å². The Morgan fingerprint density at radius 2 is 1.44 bits per heavy atom. The van der Waals surface area contributed by atoms with Crippen LogP contribution in [0.3, 0.4) is 0 Å². The monoisotopic (exact) mass is 480 g/mol. The smallest absolute Gasteiger partial charge is 0.308 e. The molecule has 2 aliphatic carbocycles. The fourth-order valence-electron chi connectivity index (χ4n) is 5.25. The molecule has 0 radical (unpaired) electrons. The Balaban J connectivity index is 2.33. The van der Waals surface area contributed by atoms with Crippen molar-refractivity contribution in [3.05, 3.63) is 0 Å². The number of nitrogens with zero attached hydrogens (tertiary/aromatic N) is 3.